The van der Waals surface area contributed by atoms with Gasteiger partial charge in [0, 0.05) is 11.0 Å². The highest BCUT2D eigenvalue weighted by molar-refractivity contribution is 9.10. The summed E-state index contributed by atoms with van der Waals surface area (Å²) >= 11 is 3.27. The molecule has 2 heterocycles. The van der Waals surface area contributed by atoms with Crippen LogP contribution in [0.3, 0.4) is 0 Å². The largest absolute Gasteiger partial charge is 0.329 e. The summed E-state index contributed by atoms with van der Waals surface area (Å²) < 4.78 is 14.6. The fourth-order valence-corrected chi connectivity index (χ4v) is 3.55. The van der Waals surface area contributed by atoms with E-state index in [2.05, 4.69) is 15.9 Å². The summed E-state index contributed by atoms with van der Waals surface area (Å²) in [6.45, 7) is 2.26. The molecule has 1 aromatic rings. The Bertz CT molecular complexity index is 572. The number of piperazine rings is 1. The van der Waals surface area contributed by atoms with Gasteiger partial charge >= 0.3 is 0 Å². The highest BCUT2D eigenvalue weighted by Gasteiger charge is 2.47. The Balaban J connectivity index is 2.08. The van der Waals surface area contributed by atoms with Gasteiger partial charge in [0.05, 0.1) is 5.69 Å². The van der Waals surface area contributed by atoms with E-state index in [9.17, 15) is 14.0 Å². The molecule has 0 spiro atoms. The first-order valence-electron chi connectivity index (χ1n) is 6.60. The number of nitrogens with zero attached hydrogens (tertiary/aromatic N) is 2. The standard InChI is InChI=1S/C14H14BrFN2O2/c1-8-13(19)17-7-3-6-11(17)14(20)18(8)12-9(15)4-2-5-10(12)16/h2,4-5,8,11H,3,6-7H2,1H3. The maximum atomic E-state index is 14.1. The molecule has 0 aliphatic carbocycles. The van der Waals surface area contributed by atoms with Gasteiger partial charge in [0.2, 0.25) is 5.91 Å². The Labute approximate surface area is 124 Å². The quantitative estimate of drug-likeness (QED) is 0.787. The lowest BCUT2D eigenvalue weighted by atomic mass is 10.0. The number of fused-ring (bicyclic) bond motifs is 1. The van der Waals surface area contributed by atoms with Gasteiger partial charge in [0.1, 0.15) is 17.9 Å². The van der Waals surface area contributed by atoms with E-state index >= 15 is 0 Å². The minimum Gasteiger partial charge on any atom is -0.329 e. The zero-order valence-corrected chi connectivity index (χ0v) is 12.6. The lowest BCUT2D eigenvalue weighted by Gasteiger charge is -2.41. The monoisotopic (exact) mass is 340 g/mol. The third-order valence-corrected chi connectivity index (χ3v) is 4.62. The second kappa shape index (κ2) is 4.84. The van der Waals surface area contributed by atoms with Crippen LogP contribution in [0.15, 0.2) is 22.7 Å². The van der Waals surface area contributed by atoms with Gasteiger partial charge in [-0.3, -0.25) is 14.5 Å². The summed E-state index contributed by atoms with van der Waals surface area (Å²) in [5.74, 6) is -0.804. The van der Waals surface area contributed by atoms with Gasteiger partial charge in [-0.25, -0.2) is 4.39 Å². The molecule has 20 heavy (non-hydrogen) atoms. The van der Waals surface area contributed by atoms with Crippen molar-refractivity contribution >= 4 is 33.4 Å². The number of hydrogen-bond acceptors (Lipinski definition) is 2. The number of para-hydroxylation sites is 1. The van der Waals surface area contributed by atoms with Crippen molar-refractivity contribution in [3.63, 3.8) is 0 Å². The minimum atomic E-state index is -0.676. The lowest BCUT2D eigenvalue weighted by molar-refractivity contribution is -0.143. The van der Waals surface area contributed by atoms with Crippen LogP contribution in [0, 0.1) is 5.82 Å². The average Bonchev–Trinajstić information content (AvgIpc) is 2.89. The van der Waals surface area contributed by atoms with Crippen LogP contribution in [0.1, 0.15) is 19.8 Å². The Hall–Kier alpha value is -1.43. The maximum Gasteiger partial charge on any atom is 0.250 e. The van der Waals surface area contributed by atoms with Gasteiger partial charge in [-0.1, -0.05) is 6.07 Å². The molecular weight excluding hydrogens is 327 g/mol. The molecule has 2 unspecified atom stereocenters. The van der Waals surface area contributed by atoms with Crippen molar-refractivity contribution in [2.45, 2.75) is 31.8 Å². The summed E-state index contributed by atoms with van der Waals surface area (Å²) in [6.07, 6.45) is 1.47. The molecule has 0 saturated carbocycles. The predicted molar refractivity (Wildman–Crippen MR) is 75.8 cm³/mol. The molecule has 3 rings (SSSR count). The van der Waals surface area contributed by atoms with Crippen LogP contribution in [0.25, 0.3) is 0 Å². The SMILES string of the molecule is CC1C(=O)N2CCCC2C(=O)N1c1c(F)cccc1Br. The van der Waals surface area contributed by atoms with Crippen LogP contribution in [-0.2, 0) is 9.59 Å². The molecular formula is C14H14BrFN2O2. The number of carbonyl (C=O) groups excluding carboxylic acids is 2. The van der Waals surface area contributed by atoms with Crippen molar-refractivity contribution in [3.8, 4) is 0 Å². The van der Waals surface area contributed by atoms with Gasteiger partial charge in [-0.05, 0) is 47.8 Å². The normalized spacial score (nSPS) is 26.1. The number of hydrogen-bond donors (Lipinski definition) is 0. The third kappa shape index (κ3) is 1.85. The lowest BCUT2D eigenvalue weighted by Crippen LogP contribution is -2.62. The second-order valence-electron chi connectivity index (χ2n) is 5.14. The Morgan fingerprint density at radius 1 is 1.30 bits per heavy atom. The second-order valence-corrected chi connectivity index (χ2v) is 6.00. The number of benzene rings is 1. The fourth-order valence-electron chi connectivity index (χ4n) is 3.01. The van der Waals surface area contributed by atoms with E-state index in [1.165, 1.54) is 11.0 Å². The van der Waals surface area contributed by atoms with Crippen LogP contribution in [-0.4, -0.2) is 35.3 Å². The fraction of sp³-hybridized carbons (Fsp3) is 0.429. The zero-order valence-electron chi connectivity index (χ0n) is 11.0. The van der Waals surface area contributed by atoms with Crippen LogP contribution >= 0.6 is 15.9 Å². The molecule has 0 bridgehead atoms. The first kappa shape index (κ1) is 13.5. The molecule has 2 aliphatic heterocycles. The number of halogens is 2. The van der Waals surface area contributed by atoms with E-state index in [-0.39, 0.29) is 17.5 Å². The van der Waals surface area contributed by atoms with Crippen molar-refractivity contribution in [1.82, 2.24) is 4.90 Å². The molecule has 2 atom stereocenters. The van der Waals surface area contributed by atoms with E-state index in [0.29, 0.717) is 17.4 Å². The molecule has 2 aliphatic rings. The van der Waals surface area contributed by atoms with Gasteiger partial charge in [0.15, 0.2) is 0 Å². The molecule has 2 amide bonds. The molecule has 2 fully saturated rings. The average molecular weight is 341 g/mol. The highest BCUT2D eigenvalue weighted by Crippen LogP contribution is 2.36. The van der Waals surface area contributed by atoms with Crippen molar-refractivity contribution in [2.75, 3.05) is 11.4 Å². The van der Waals surface area contributed by atoms with Crippen molar-refractivity contribution < 1.29 is 14.0 Å². The molecule has 106 valence electrons. The summed E-state index contributed by atoms with van der Waals surface area (Å²) in [7, 11) is 0. The molecule has 1 aromatic carbocycles. The van der Waals surface area contributed by atoms with Gasteiger partial charge < -0.3 is 4.90 Å². The molecule has 0 aromatic heterocycles. The number of carbonyl (C=O) groups is 2. The van der Waals surface area contributed by atoms with E-state index in [1.807, 2.05) is 0 Å². The van der Waals surface area contributed by atoms with Crippen molar-refractivity contribution in [3.05, 3.63) is 28.5 Å². The van der Waals surface area contributed by atoms with E-state index < -0.39 is 17.9 Å². The Kier molecular flexibility index (Phi) is 3.28. The van der Waals surface area contributed by atoms with E-state index in [4.69, 9.17) is 0 Å². The van der Waals surface area contributed by atoms with Gasteiger partial charge in [-0.15, -0.1) is 0 Å². The topological polar surface area (TPSA) is 40.6 Å². The maximum absolute atomic E-state index is 14.1. The molecule has 6 heteroatoms. The molecule has 0 radical (unpaired) electrons. The highest BCUT2D eigenvalue weighted by atomic mass is 79.9. The summed E-state index contributed by atoms with van der Waals surface area (Å²) in [5.41, 5.74) is 0.157. The Morgan fingerprint density at radius 3 is 2.75 bits per heavy atom. The summed E-state index contributed by atoms with van der Waals surface area (Å²) in [5, 5.41) is 0. The molecule has 2 saturated heterocycles. The first-order valence-corrected chi connectivity index (χ1v) is 7.39. The summed E-state index contributed by atoms with van der Waals surface area (Å²) in [6, 6.07) is 3.41. The van der Waals surface area contributed by atoms with E-state index in [1.54, 1.807) is 24.0 Å². The first-order chi connectivity index (χ1) is 9.52. The number of rotatable bonds is 1. The van der Waals surface area contributed by atoms with Gasteiger partial charge in [-0.2, -0.15) is 0 Å². The molecule has 4 nitrogen and oxygen atoms in total. The third-order valence-electron chi connectivity index (χ3n) is 3.98. The zero-order chi connectivity index (χ0) is 14.4. The minimum absolute atomic E-state index is 0.109. The van der Waals surface area contributed by atoms with Crippen LogP contribution in [0.5, 0.6) is 0 Å². The van der Waals surface area contributed by atoms with E-state index in [0.717, 1.165) is 6.42 Å². The number of anilines is 1. The van der Waals surface area contributed by atoms with Crippen molar-refractivity contribution in [2.24, 2.45) is 0 Å². The summed E-state index contributed by atoms with van der Waals surface area (Å²) in [4.78, 5) is 27.9. The van der Waals surface area contributed by atoms with Crippen LogP contribution in [0.4, 0.5) is 10.1 Å². The smallest absolute Gasteiger partial charge is 0.250 e. The number of amides is 2. The van der Waals surface area contributed by atoms with Crippen LogP contribution < -0.4 is 4.90 Å². The van der Waals surface area contributed by atoms with Crippen molar-refractivity contribution in [1.29, 1.82) is 0 Å². The predicted octanol–water partition coefficient (Wildman–Crippen LogP) is 2.31. The van der Waals surface area contributed by atoms with Crippen LogP contribution in [0.2, 0.25) is 0 Å². The Morgan fingerprint density at radius 2 is 2.05 bits per heavy atom. The van der Waals surface area contributed by atoms with Gasteiger partial charge in [0.25, 0.3) is 5.91 Å². The molecule has 0 N–H and O–H groups in total.